The molecule has 0 aromatic heterocycles. The number of benzene rings is 1. The predicted octanol–water partition coefficient (Wildman–Crippen LogP) is -4.19. The van der Waals surface area contributed by atoms with Crippen molar-refractivity contribution in [3.8, 4) is 0 Å². The second-order valence-corrected chi connectivity index (χ2v) is 19.6. The number of carboxylic acids is 3. The first-order valence-electron chi connectivity index (χ1n) is 25.9. The summed E-state index contributed by atoms with van der Waals surface area (Å²) in [4.78, 5) is 133. The Kier molecular flexibility index (Phi) is 30.2. The highest BCUT2D eigenvalue weighted by molar-refractivity contribution is 5.96. The van der Waals surface area contributed by atoms with Crippen LogP contribution < -0.4 is 55.3 Å². The fourth-order valence-electron chi connectivity index (χ4n) is 8.31. The molecule has 6 amide bonds. The van der Waals surface area contributed by atoms with Crippen molar-refractivity contribution < 1.29 is 58.5 Å². The Bertz CT molecular complexity index is 2110. The molecule has 0 radical (unpaired) electrons. The number of guanidine groups is 2. The molecular weight excluding hydrogens is 1000 g/mol. The summed E-state index contributed by atoms with van der Waals surface area (Å²) in [5.74, 6) is -8.73. The van der Waals surface area contributed by atoms with Crippen molar-refractivity contribution in [2.24, 2.45) is 50.5 Å². The molecule has 6 atom stereocenters. The second kappa shape index (κ2) is 35.2. The van der Waals surface area contributed by atoms with Crippen LogP contribution in [0.5, 0.6) is 0 Å². The highest BCUT2D eigenvalue weighted by Gasteiger charge is 2.35. The molecule has 1 fully saturated rings. The van der Waals surface area contributed by atoms with Crippen LogP contribution in [-0.2, 0) is 49.6 Å². The molecule has 0 bridgehead atoms. The molecule has 2 rings (SSSR count). The molecule has 0 spiro atoms. The van der Waals surface area contributed by atoms with Gasteiger partial charge < -0.3 is 70.6 Å². The summed E-state index contributed by atoms with van der Waals surface area (Å²) in [5, 5.41) is 42.5. The number of hydrogen-bond donors (Lipinski definition) is 13. The summed E-state index contributed by atoms with van der Waals surface area (Å²) in [6.45, 7) is 7.07. The number of carbonyl (C=O) groups excluding carboxylic acids is 6. The Labute approximate surface area is 449 Å². The van der Waals surface area contributed by atoms with Crippen molar-refractivity contribution in [2.75, 3.05) is 91.6 Å². The molecule has 28 nitrogen and oxygen atoms in total. The summed E-state index contributed by atoms with van der Waals surface area (Å²) < 4.78 is 0. The first-order valence-corrected chi connectivity index (χ1v) is 25.9. The van der Waals surface area contributed by atoms with Crippen molar-refractivity contribution in [3.63, 3.8) is 0 Å². The number of rotatable bonds is 32. The van der Waals surface area contributed by atoms with E-state index in [1.807, 2.05) is 20.8 Å². The van der Waals surface area contributed by atoms with Gasteiger partial charge in [0.2, 0.25) is 35.4 Å². The van der Waals surface area contributed by atoms with E-state index < -0.39 is 89.5 Å². The van der Waals surface area contributed by atoms with E-state index in [1.165, 1.54) is 0 Å². The van der Waals surface area contributed by atoms with Gasteiger partial charge in [0.25, 0.3) is 0 Å². The number of nitrogens with two attached hydrogens (primary N) is 5. The van der Waals surface area contributed by atoms with Crippen molar-refractivity contribution in [1.82, 2.24) is 46.2 Å². The Morgan fingerprint density at radius 3 is 1.31 bits per heavy atom. The van der Waals surface area contributed by atoms with Crippen LogP contribution in [0.3, 0.4) is 0 Å². The van der Waals surface area contributed by atoms with Gasteiger partial charge in [-0.3, -0.25) is 72.7 Å². The summed E-state index contributed by atoms with van der Waals surface area (Å²) >= 11 is 0. The van der Waals surface area contributed by atoms with Gasteiger partial charge in [0.05, 0.1) is 26.2 Å². The van der Waals surface area contributed by atoms with E-state index >= 15 is 0 Å². The molecule has 18 N–H and O–H groups in total. The second-order valence-electron chi connectivity index (χ2n) is 19.6. The van der Waals surface area contributed by atoms with Crippen LogP contribution in [0.1, 0.15) is 71.8 Å². The van der Waals surface area contributed by atoms with Crippen LogP contribution in [0.25, 0.3) is 0 Å². The lowest BCUT2D eigenvalue weighted by Gasteiger charge is -2.33. The molecule has 0 saturated carbocycles. The minimum Gasteiger partial charge on any atom is -0.480 e. The number of carbonyl (C=O) groups is 9. The van der Waals surface area contributed by atoms with Gasteiger partial charge in [0, 0.05) is 71.9 Å². The predicted molar refractivity (Wildman–Crippen MR) is 286 cm³/mol. The number of primary amides is 1. The maximum atomic E-state index is 14.4. The fourth-order valence-corrected chi connectivity index (χ4v) is 8.31. The van der Waals surface area contributed by atoms with E-state index in [1.54, 1.807) is 56.9 Å². The van der Waals surface area contributed by atoms with E-state index in [-0.39, 0.29) is 148 Å². The molecule has 0 unspecified atom stereocenters. The Morgan fingerprint density at radius 1 is 0.532 bits per heavy atom. The maximum absolute atomic E-state index is 14.4. The molecule has 77 heavy (non-hydrogen) atoms. The lowest BCUT2D eigenvalue weighted by molar-refractivity contribution is -0.140. The number of nitrogens with one attached hydrogen (secondary N) is 5. The average Bonchev–Trinajstić information content (AvgIpc) is 3.34. The topological polar surface area (TPSA) is 442 Å². The van der Waals surface area contributed by atoms with Crippen molar-refractivity contribution >= 4 is 65.3 Å². The number of carboxylic acid groups (broad SMARTS) is 3. The molecule has 0 aliphatic carbocycles. The number of aliphatic carboxylic acids is 3. The van der Waals surface area contributed by atoms with E-state index in [2.05, 4.69) is 36.6 Å². The standard InChI is InChI=1S/C49H84N16O12/c1-5-32(4)42(47(77)59-36(43(50)73)26-33-11-7-6-8-12-33)61-46(76)37(25-31(2)3)60-45(75)35(14-10-16-56-49(53)54)58-44(74)34(13-9-15-55-48(51)52)57-38(66)27-62-17-19-63(28-39(67)68)21-23-65(30-41(71)72)24-22-64(20-18-62)29-40(69)70/h6-8,11-12,31-32,34-37,42H,5,9-10,13-30H2,1-4H3,(H2,50,73)(H,57,66)(H,58,74)(H,59,77)(H,60,75)(H,61,76)(H,67,68)(H,69,70)(H,71,72)(H4,51,52,55)(H4,53,54,56)/t32-,34-,35-,36-,37-,42-/m0/s1. The zero-order valence-corrected chi connectivity index (χ0v) is 44.9. The van der Waals surface area contributed by atoms with E-state index in [0.29, 0.717) is 6.42 Å². The average molecular weight is 1090 g/mol. The van der Waals surface area contributed by atoms with Crippen LogP contribution in [0.2, 0.25) is 0 Å². The Hall–Kier alpha value is -7.17. The highest BCUT2D eigenvalue weighted by Crippen LogP contribution is 2.14. The number of hydrogen-bond acceptors (Lipinski definition) is 15. The minimum absolute atomic E-state index is 0.0261. The van der Waals surface area contributed by atoms with Gasteiger partial charge in [0.1, 0.15) is 30.2 Å². The zero-order chi connectivity index (χ0) is 57.6. The first-order chi connectivity index (χ1) is 36.4. The van der Waals surface area contributed by atoms with Crippen LogP contribution in [0.4, 0.5) is 0 Å². The summed E-state index contributed by atoms with van der Waals surface area (Å²) in [6, 6.07) is 2.83. The number of aliphatic imine (C=N–C) groups is 2. The van der Waals surface area contributed by atoms with Crippen molar-refractivity contribution in [1.29, 1.82) is 0 Å². The Morgan fingerprint density at radius 2 is 0.922 bits per heavy atom. The van der Waals surface area contributed by atoms with Gasteiger partial charge in [-0.1, -0.05) is 64.4 Å². The van der Waals surface area contributed by atoms with Crippen LogP contribution in [-0.4, -0.2) is 222 Å². The van der Waals surface area contributed by atoms with Crippen LogP contribution in [0, 0.1) is 11.8 Å². The van der Waals surface area contributed by atoms with Gasteiger partial charge in [0.15, 0.2) is 11.9 Å². The number of amides is 6. The van der Waals surface area contributed by atoms with Crippen LogP contribution >= 0.6 is 0 Å². The summed E-state index contributed by atoms with van der Waals surface area (Å²) in [5.41, 5.74) is 28.6. The molecule has 1 aromatic rings. The van der Waals surface area contributed by atoms with E-state index in [9.17, 15) is 58.5 Å². The molecule has 1 saturated heterocycles. The number of nitrogens with zero attached hydrogens (tertiary/aromatic N) is 6. The Balaban J connectivity index is 2.45. The smallest absolute Gasteiger partial charge is 0.317 e. The van der Waals surface area contributed by atoms with E-state index in [4.69, 9.17) is 28.7 Å². The quantitative estimate of drug-likeness (QED) is 0.0185. The van der Waals surface area contributed by atoms with Gasteiger partial charge in [-0.2, -0.15) is 0 Å². The van der Waals surface area contributed by atoms with E-state index in [0.717, 1.165) is 5.56 Å². The lowest BCUT2D eigenvalue weighted by Crippen LogP contribution is -2.60. The van der Waals surface area contributed by atoms with Crippen molar-refractivity contribution in [3.05, 3.63) is 35.9 Å². The molecule has 432 valence electrons. The third-order valence-electron chi connectivity index (χ3n) is 12.6. The molecular formula is C49H84N16O12. The third kappa shape index (κ3) is 28.0. The molecule has 1 aliphatic heterocycles. The zero-order valence-electron chi connectivity index (χ0n) is 44.9. The SMILES string of the molecule is CC[C@H](C)[C@H](NC(=O)[C@H](CC(C)C)NC(=O)[C@H](CCCN=C(N)N)NC(=O)[C@H](CCCN=C(N)N)NC(=O)CN1CCN(CC(=O)O)CCN(CC(=O)O)CCN(CC(=O)O)CC1)C(=O)N[C@@H](Cc1ccccc1)C(N)=O. The van der Waals surface area contributed by atoms with Gasteiger partial charge in [-0.05, 0) is 49.5 Å². The summed E-state index contributed by atoms with van der Waals surface area (Å²) in [7, 11) is 0. The van der Waals surface area contributed by atoms with Crippen LogP contribution in [0.15, 0.2) is 40.3 Å². The minimum atomic E-state index is -1.33. The highest BCUT2D eigenvalue weighted by atomic mass is 16.4. The van der Waals surface area contributed by atoms with Gasteiger partial charge >= 0.3 is 17.9 Å². The van der Waals surface area contributed by atoms with Gasteiger partial charge in [-0.25, -0.2) is 0 Å². The first kappa shape index (κ1) is 65.9. The monoisotopic (exact) mass is 1090 g/mol. The normalized spacial score (nSPS) is 16.5. The van der Waals surface area contributed by atoms with Crippen molar-refractivity contribution in [2.45, 2.75) is 103 Å². The molecule has 1 aliphatic rings. The third-order valence-corrected chi connectivity index (χ3v) is 12.6. The van der Waals surface area contributed by atoms with Gasteiger partial charge in [-0.15, -0.1) is 0 Å². The fraction of sp³-hybridized carbons (Fsp3) is 0.653. The molecule has 1 aromatic carbocycles. The lowest BCUT2D eigenvalue weighted by atomic mass is 9.95. The summed E-state index contributed by atoms with van der Waals surface area (Å²) in [6.07, 6.45) is 0.929. The maximum Gasteiger partial charge on any atom is 0.317 e. The largest absolute Gasteiger partial charge is 0.480 e. The molecule has 28 heteroatoms. The molecule has 1 heterocycles.